The summed E-state index contributed by atoms with van der Waals surface area (Å²) < 4.78 is 0. The van der Waals surface area contributed by atoms with E-state index in [0.29, 0.717) is 13.0 Å². The van der Waals surface area contributed by atoms with Crippen molar-refractivity contribution in [2.24, 2.45) is 10.8 Å². The fourth-order valence-corrected chi connectivity index (χ4v) is 1.66. The molecule has 108 valence electrons. The molecule has 2 amide bonds. The second-order valence-electron chi connectivity index (χ2n) is 7.13. The summed E-state index contributed by atoms with van der Waals surface area (Å²) in [6.07, 6.45) is 0.320. The van der Waals surface area contributed by atoms with Crippen LogP contribution in [0.1, 0.15) is 54.9 Å². The van der Waals surface area contributed by atoms with Gasteiger partial charge in [-0.1, -0.05) is 34.6 Å². The first-order valence-corrected chi connectivity index (χ1v) is 6.66. The van der Waals surface area contributed by atoms with Gasteiger partial charge in [0.25, 0.3) is 0 Å². The standard InChI is InChI=1S/C14H30N2O2/c1-10(17)8-14(6,7)9-15-12(18)16-11(2)13(3,4)5/h10-11,17H,8-9H2,1-7H3,(H2,15,16,18). The smallest absolute Gasteiger partial charge is 0.315 e. The number of amides is 2. The van der Waals surface area contributed by atoms with Gasteiger partial charge in [-0.25, -0.2) is 4.79 Å². The summed E-state index contributed by atoms with van der Waals surface area (Å²) in [5.41, 5.74) is -0.0526. The van der Waals surface area contributed by atoms with Crippen LogP contribution in [-0.4, -0.2) is 29.8 Å². The van der Waals surface area contributed by atoms with E-state index in [9.17, 15) is 9.90 Å². The number of hydrogen-bond acceptors (Lipinski definition) is 2. The Morgan fingerprint density at radius 2 is 1.67 bits per heavy atom. The molecule has 0 aliphatic heterocycles. The predicted molar refractivity (Wildman–Crippen MR) is 75.5 cm³/mol. The van der Waals surface area contributed by atoms with Gasteiger partial charge < -0.3 is 15.7 Å². The summed E-state index contributed by atoms with van der Waals surface area (Å²) in [6, 6.07) is -0.0338. The summed E-state index contributed by atoms with van der Waals surface area (Å²) >= 11 is 0. The molecule has 0 saturated carbocycles. The molecule has 0 bridgehead atoms. The van der Waals surface area contributed by atoms with E-state index in [1.807, 2.05) is 20.8 Å². The SMILES string of the molecule is CC(O)CC(C)(C)CNC(=O)NC(C)C(C)(C)C. The first kappa shape index (κ1) is 17.2. The Balaban J connectivity index is 4.12. The molecular formula is C14H30N2O2. The van der Waals surface area contributed by atoms with Gasteiger partial charge in [0, 0.05) is 12.6 Å². The van der Waals surface area contributed by atoms with Crippen molar-refractivity contribution in [3.05, 3.63) is 0 Å². The molecule has 0 aromatic rings. The zero-order valence-electron chi connectivity index (χ0n) is 12.9. The van der Waals surface area contributed by atoms with Gasteiger partial charge in [-0.3, -0.25) is 0 Å². The Kier molecular flexibility index (Phi) is 6.14. The number of aliphatic hydroxyl groups excluding tert-OH is 1. The molecule has 4 nitrogen and oxygen atoms in total. The maximum absolute atomic E-state index is 11.7. The van der Waals surface area contributed by atoms with E-state index in [4.69, 9.17) is 0 Å². The van der Waals surface area contributed by atoms with Crippen LogP contribution in [0.25, 0.3) is 0 Å². The first-order valence-electron chi connectivity index (χ1n) is 6.66. The predicted octanol–water partition coefficient (Wildman–Crippen LogP) is 2.52. The van der Waals surface area contributed by atoms with Gasteiger partial charge in [0.1, 0.15) is 0 Å². The van der Waals surface area contributed by atoms with Crippen molar-refractivity contribution in [2.75, 3.05) is 6.54 Å². The lowest BCUT2D eigenvalue weighted by Gasteiger charge is -2.30. The highest BCUT2D eigenvalue weighted by molar-refractivity contribution is 5.74. The van der Waals surface area contributed by atoms with Crippen LogP contribution in [0.15, 0.2) is 0 Å². The van der Waals surface area contributed by atoms with Crippen LogP contribution in [-0.2, 0) is 0 Å². The highest BCUT2D eigenvalue weighted by atomic mass is 16.3. The molecule has 18 heavy (non-hydrogen) atoms. The average Bonchev–Trinajstić information content (AvgIpc) is 2.11. The molecule has 2 unspecified atom stereocenters. The third-order valence-corrected chi connectivity index (χ3v) is 3.22. The van der Waals surface area contributed by atoms with Crippen molar-refractivity contribution >= 4 is 6.03 Å². The number of carbonyl (C=O) groups is 1. The van der Waals surface area contributed by atoms with Gasteiger partial charge in [-0.2, -0.15) is 0 Å². The maximum Gasteiger partial charge on any atom is 0.315 e. The van der Waals surface area contributed by atoms with Crippen LogP contribution in [0, 0.1) is 10.8 Å². The molecule has 0 aliphatic rings. The van der Waals surface area contributed by atoms with Crippen LogP contribution in [0.2, 0.25) is 0 Å². The Morgan fingerprint density at radius 1 is 1.17 bits per heavy atom. The molecule has 2 atom stereocenters. The number of rotatable bonds is 5. The Hall–Kier alpha value is -0.770. The van der Waals surface area contributed by atoms with E-state index in [2.05, 4.69) is 31.4 Å². The van der Waals surface area contributed by atoms with Crippen LogP contribution in [0.4, 0.5) is 4.79 Å². The lowest BCUT2D eigenvalue weighted by molar-refractivity contribution is 0.128. The van der Waals surface area contributed by atoms with Gasteiger partial charge in [0.15, 0.2) is 0 Å². The van der Waals surface area contributed by atoms with E-state index >= 15 is 0 Å². The summed E-state index contributed by atoms with van der Waals surface area (Å²) in [5.74, 6) is 0. The number of carbonyl (C=O) groups excluding carboxylic acids is 1. The maximum atomic E-state index is 11.7. The van der Waals surface area contributed by atoms with Gasteiger partial charge in [-0.15, -0.1) is 0 Å². The minimum Gasteiger partial charge on any atom is -0.393 e. The van der Waals surface area contributed by atoms with Gasteiger partial charge in [-0.05, 0) is 31.1 Å². The minimum atomic E-state index is -0.349. The fraction of sp³-hybridized carbons (Fsp3) is 0.929. The molecule has 0 spiro atoms. The van der Waals surface area contributed by atoms with Gasteiger partial charge in [0.05, 0.1) is 6.10 Å². The third kappa shape index (κ3) is 7.54. The van der Waals surface area contributed by atoms with Crippen molar-refractivity contribution in [1.82, 2.24) is 10.6 Å². The fourth-order valence-electron chi connectivity index (χ4n) is 1.66. The highest BCUT2D eigenvalue weighted by Gasteiger charge is 2.24. The lowest BCUT2D eigenvalue weighted by Crippen LogP contribution is -2.48. The molecule has 0 heterocycles. The molecule has 0 rings (SSSR count). The van der Waals surface area contributed by atoms with Crippen LogP contribution in [0.3, 0.4) is 0 Å². The Labute approximate surface area is 112 Å². The summed E-state index contributed by atoms with van der Waals surface area (Å²) in [5, 5.41) is 15.2. The average molecular weight is 258 g/mol. The molecule has 4 heteroatoms. The zero-order valence-corrected chi connectivity index (χ0v) is 12.9. The number of nitrogens with one attached hydrogen (secondary N) is 2. The molecule has 3 N–H and O–H groups in total. The minimum absolute atomic E-state index is 0.0481. The van der Waals surface area contributed by atoms with E-state index < -0.39 is 0 Å². The Morgan fingerprint density at radius 3 is 2.06 bits per heavy atom. The molecule has 0 saturated heterocycles. The quantitative estimate of drug-likeness (QED) is 0.709. The number of urea groups is 1. The molecule has 0 radical (unpaired) electrons. The van der Waals surface area contributed by atoms with Crippen molar-refractivity contribution in [1.29, 1.82) is 0 Å². The van der Waals surface area contributed by atoms with E-state index in [1.54, 1.807) is 6.92 Å². The summed E-state index contributed by atoms with van der Waals surface area (Å²) in [4.78, 5) is 11.7. The zero-order chi connectivity index (χ0) is 14.6. The van der Waals surface area contributed by atoms with Crippen molar-refractivity contribution in [3.63, 3.8) is 0 Å². The molecule has 0 aromatic heterocycles. The topological polar surface area (TPSA) is 61.4 Å². The second kappa shape index (κ2) is 6.41. The summed E-state index contributed by atoms with van der Waals surface area (Å²) in [7, 11) is 0. The molecule has 0 fully saturated rings. The van der Waals surface area contributed by atoms with Gasteiger partial charge in [0.2, 0.25) is 0 Å². The molecular weight excluding hydrogens is 228 g/mol. The van der Waals surface area contributed by atoms with Crippen molar-refractivity contribution < 1.29 is 9.90 Å². The third-order valence-electron chi connectivity index (χ3n) is 3.22. The summed E-state index contributed by atoms with van der Waals surface area (Å²) in [6.45, 7) is 14.7. The highest BCUT2D eigenvalue weighted by Crippen LogP contribution is 2.21. The molecule has 0 aliphatic carbocycles. The molecule has 0 aromatic carbocycles. The van der Waals surface area contributed by atoms with Gasteiger partial charge >= 0.3 is 6.03 Å². The number of aliphatic hydroxyl groups is 1. The van der Waals surface area contributed by atoms with E-state index in [0.717, 1.165) is 0 Å². The van der Waals surface area contributed by atoms with Crippen LogP contribution in [0.5, 0.6) is 0 Å². The monoisotopic (exact) mass is 258 g/mol. The van der Waals surface area contributed by atoms with E-state index in [1.165, 1.54) is 0 Å². The van der Waals surface area contributed by atoms with Crippen molar-refractivity contribution in [2.45, 2.75) is 67.0 Å². The number of hydrogen-bond donors (Lipinski definition) is 3. The normalized spacial score (nSPS) is 16.0. The van der Waals surface area contributed by atoms with Crippen molar-refractivity contribution in [3.8, 4) is 0 Å². The first-order chi connectivity index (χ1) is 7.94. The van der Waals surface area contributed by atoms with Crippen LogP contribution < -0.4 is 10.6 Å². The van der Waals surface area contributed by atoms with E-state index in [-0.39, 0.29) is 29.0 Å². The largest absolute Gasteiger partial charge is 0.393 e. The lowest BCUT2D eigenvalue weighted by atomic mass is 9.87. The Bertz CT molecular complexity index is 267. The second-order valence-corrected chi connectivity index (χ2v) is 7.13. The van der Waals surface area contributed by atoms with Crippen LogP contribution >= 0.6 is 0 Å².